The van der Waals surface area contributed by atoms with E-state index in [1.807, 2.05) is 0 Å². The largest absolute Gasteiger partial charge is 0.467 e. The predicted molar refractivity (Wildman–Crippen MR) is 83.3 cm³/mol. The Hall–Kier alpha value is -1.71. The molecule has 2 aliphatic rings. The van der Waals surface area contributed by atoms with Crippen molar-refractivity contribution < 1.29 is 38.4 Å². The number of carbonyl (C=O) groups is 3. The van der Waals surface area contributed by atoms with Crippen LogP contribution in [-0.4, -0.2) is 71.8 Å². The molecular formula is C16H25NO8. The highest BCUT2D eigenvalue weighted by Crippen LogP contribution is 2.53. The van der Waals surface area contributed by atoms with Gasteiger partial charge in [0.15, 0.2) is 6.29 Å². The highest BCUT2D eigenvalue weighted by molar-refractivity contribution is 6.05. The number of ether oxygens (including phenoxy) is 4. The van der Waals surface area contributed by atoms with Crippen molar-refractivity contribution in [2.45, 2.75) is 57.1 Å². The van der Waals surface area contributed by atoms with Gasteiger partial charge in [-0.2, -0.15) is 0 Å². The molecular weight excluding hydrogens is 334 g/mol. The van der Waals surface area contributed by atoms with Gasteiger partial charge in [-0.3, -0.25) is 4.79 Å². The Balaban J connectivity index is 2.58. The first-order valence-electron chi connectivity index (χ1n) is 7.95. The van der Waals surface area contributed by atoms with Crippen LogP contribution in [-0.2, 0) is 28.5 Å². The molecule has 0 saturated carbocycles. The summed E-state index contributed by atoms with van der Waals surface area (Å²) in [6.07, 6.45) is -1.63. The Morgan fingerprint density at radius 2 is 1.96 bits per heavy atom. The van der Waals surface area contributed by atoms with E-state index >= 15 is 0 Å². The van der Waals surface area contributed by atoms with Gasteiger partial charge in [0, 0.05) is 13.5 Å². The molecule has 2 aliphatic heterocycles. The fourth-order valence-electron chi connectivity index (χ4n) is 3.56. The van der Waals surface area contributed by atoms with E-state index in [0.717, 1.165) is 7.11 Å². The quantitative estimate of drug-likeness (QED) is 0.722. The minimum atomic E-state index is -2.06. The molecule has 0 spiro atoms. The van der Waals surface area contributed by atoms with Crippen molar-refractivity contribution in [2.24, 2.45) is 5.92 Å². The molecule has 0 unspecified atom stereocenters. The Bertz CT molecular complexity index is 585. The first kappa shape index (κ1) is 19.6. The zero-order chi connectivity index (χ0) is 19.2. The summed E-state index contributed by atoms with van der Waals surface area (Å²) in [5.41, 5.74) is -4.47. The number of nitrogens with zero attached hydrogens (tertiary/aromatic N) is 1. The summed E-state index contributed by atoms with van der Waals surface area (Å²) in [5, 5.41) is 10.1. The summed E-state index contributed by atoms with van der Waals surface area (Å²) in [7, 11) is 2.51. The molecule has 9 nitrogen and oxygen atoms in total. The predicted octanol–water partition coefficient (Wildman–Crippen LogP) is 0.436. The highest BCUT2D eigenvalue weighted by Gasteiger charge is 2.76. The fraction of sp³-hybridized carbons (Fsp3) is 0.812. The van der Waals surface area contributed by atoms with E-state index in [0.29, 0.717) is 4.90 Å². The lowest BCUT2D eigenvalue weighted by molar-refractivity contribution is -0.205. The zero-order valence-corrected chi connectivity index (χ0v) is 15.3. The molecule has 0 aromatic carbocycles. The number of hydrogen-bond acceptors (Lipinski definition) is 8. The normalized spacial score (nSPS) is 34.8. The standard InChI is InChI=1S/C16H25NO8/c1-14(2,3)25-13(21)17-11(19)9-7-10(22-5)24-15(9,4)16(17,8-18)12(20)23-6/h9-10,18H,7-8H2,1-6H3/t9-,10-,15-,16-/m0/s1. The van der Waals surface area contributed by atoms with Crippen LogP contribution in [0, 0.1) is 5.92 Å². The molecule has 2 fully saturated rings. The number of hydrogen-bond donors (Lipinski definition) is 1. The van der Waals surface area contributed by atoms with E-state index in [4.69, 9.17) is 18.9 Å². The van der Waals surface area contributed by atoms with E-state index in [1.54, 1.807) is 20.8 Å². The second-order valence-corrected chi connectivity index (χ2v) is 7.34. The molecule has 4 atom stereocenters. The Morgan fingerprint density at radius 1 is 1.36 bits per heavy atom. The van der Waals surface area contributed by atoms with Gasteiger partial charge in [-0.1, -0.05) is 0 Å². The molecule has 142 valence electrons. The maximum atomic E-state index is 12.9. The molecule has 0 bridgehead atoms. The fourth-order valence-corrected chi connectivity index (χ4v) is 3.56. The number of likely N-dealkylation sites (tertiary alicyclic amines) is 1. The molecule has 25 heavy (non-hydrogen) atoms. The number of aliphatic hydroxyl groups is 1. The van der Waals surface area contributed by atoms with E-state index < -0.39 is 53.5 Å². The number of methoxy groups -OCH3 is 2. The van der Waals surface area contributed by atoms with Crippen LogP contribution in [0.5, 0.6) is 0 Å². The molecule has 1 N–H and O–H groups in total. The van der Waals surface area contributed by atoms with Crippen molar-refractivity contribution in [3.63, 3.8) is 0 Å². The maximum absolute atomic E-state index is 12.9. The van der Waals surface area contributed by atoms with Gasteiger partial charge in [0.1, 0.15) is 11.2 Å². The monoisotopic (exact) mass is 359 g/mol. The summed E-state index contributed by atoms with van der Waals surface area (Å²) < 4.78 is 21.0. The summed E-state index contributed by atoms with van der Waals surface area (Å²) in [6.45, 7) is 5.51. The zero-order valence-electron chi connectivity index (χ0n) is 15.3. The molecule has 2 heterocycles. The van der Waals surface area contributed by atoms with Gasteiger partial charge in [-0.05, 0) is 27.7 Å². The third kappa shape index (κ3) is 2.70. The number of imide groups is 1. The lowest BCUT2D eigenvalue weighted by atomic mass is 9.77. The Morgan fingerprint density at radius 3 is 2.40 bits per heavy atom. The van der Waals surface area contributed by atoms with Gasteiger partial charge in [0.25, 0.3) is 0 Å². The third-order valence-corrected chi connectivity index (χ3v) is 4.78. The van der Waals surface area contributed by atoms with Gasteiger partial charge in [-0.25, -0.2) is 14.5 Å². The van der Waals surface area contributed by atoms with Gasteiger partial charge >= 0.3 is 12.1 Å². The number of fused-ring (bicyclic) bond motifs is 1. The lowest BCUT2D eigenvalue weighted by Crippen LogP contribution is -2.68. The van der Waals surface area contributed by atoms with Gasteiger partial charge in [0.2, 0.25) is 11.4 Å². The second-order valence-electron chi connectivity index (χ2n) is 7.34. The number of aliphatic hydroxyl groups excluding tert-OH is 1. The molecule has 0 aliphatic carbocycles. The minimum Gasteiger partial charge on any atom is -0.467 e. The van der Waals surface area contributed by atoms with Crippen LogP contribution in [0.25, 0.3) is 0 Å². The first-order valence-corrected chi connectivity index (χ1v) is 7.95. The van der Waals surface area contributed by atoms with Gasteiger partial charge in [0.05, 0.1) is 19.6 Å². The molecule has 2 rings (SSSR count). The van der Waals surface area contributed by atoms with Crippen molar-refractivity contribution in [2.75, 3.05) is 20.8 Å². The molecule has 0 aromatic heterocycles. The third-order valence-electron chi connectivity index (χ3n) is 4.78. The average Bonchev–Trinajstić information content (AvgIpc) is 2.94. The summed E-state index contributed by atoms with van der Waals surface area (Å²) >= 11 is 0. The molecule has 0 radical (unpaired) electrons. The minimum absolute atomic E-state index is 0.143. The second kappa shape index (κ2) is 6.22. The van der Waals surface area contributed by atoms with E-state index in [9.17, 15) is 19.5 Å². The van der Waals surface area contributed by atoms with Crippen LogP contribution in [0.1, 0.15) is 34.1 Å². The van der Waals surface area contributed by atoms with Crippen LogP contribution in [0.2, 0.25) is 0 Å². The van der Waals surface area contributed by atoms with E-state index in [2.05, 4.69) is 0 Å². The molecule has 2 saturated heterocycles. The smallest absolute Gasteiger partial charge is 0.418 e. The summed E-state index contributed by atoms with van der Waals surface area (Å²) in [4.78, 5) is 38.9. The SMILES string of the molecule is COC(=O)[C@]1(CO)N(C(=O)OC(C)(C)C)C(=O)[C@@H]2C[C@@H](OC)O[C@@]21C. The van der Waals surface area contributed by atoms with Crippen molar-refractivity contribution in [3.05, 3.63) is 0 Å². The summed E-state index contributed by atoms with van der Waals surface area (Å²) in [6, 6.07) is 0. The number of amides is 2. The maximum Gasteiger partial charge on any atom is 0.418 e. The van der Waals surface area contributed by atoms with Crippen LogP contribution in [0.15, 0.2) is 0 Å². The van der Waals surface area contributed by atoms with Crippen LogP contribution in [0.3, 0.4) is 0 Å². The van der Waals surface area contributed by atoms with Crippen LogP contribution in [0.4, 0.5) is 4.79 Å². The molecule has 9 heteroatoms. The van der Waals surface area contributed by atoms with Crippen molar-refractivity contribution in [3.8, 4) is 0 Å². The number of esters is 1. The first-order chi connectivity index (χ1) is 11.5. The Labute approximate surface area is 146 Å². The highest BCUT2D eigenvalue weighted by atomic mass is 16.7. The van der Waals surface area contributed by atoms with Crippen molar-refractivity contribution in [1.29, 1.82) is 0 Å². The average molecular weight is 359 g/mol. The van der Waals surface area contributed by atoms with E-state index in [-0.39, 0.29) is 6.42 Å². The number of carbonyl (C=O) groups excluding carboxylic acids is 3. The van der Waals surface area contributed by atoms with E-state index in [1.165, 1.54) is 14.0 Å². The van der Waals surface area contributed by atoms with Crippen LogP contribution < -0.4 is 0 Å². The van der Waals surface area contributed by atoms with Crippen LogP contribution >= 0.6 is 0 Å². The molecule has 2 amide bonds. The topological polar surface area (TPSA) is 112 Å². The molecule has 0 aromatic rings. The van der Waals surface area contributed by atoms with Crippen molar-refractivity contribution in [1.82, 2.24) is 4.90 Å². The lowest BCUT2D eigenvalue weighted by Gasteiger charge is -2.42. The van der Waals surface area contributed by atoms with Gasteiger partial charge in [-0.15, -0.1) is 0 Å². The summed E-state index contributed by atoms with van der Waals surface area (Å²) in [5.74, 6) is -2.50. The Kier molecular flexibility index (Phi) is 4.88. The van der Waals surface area contributed by atoms with Gasteiger partial charge < -0.3 is 24.1 Å². The van der Waals surface area contributed by atoms with Crippen molar-refractivity contribution >= 4 is 18.0 Å². The number of rotatable bonds is 3.